The molecule has 144 valence electrons. The largest absolute Gasteiger partial charge is 0.336 e. The molecule has 1 fully saturated rings. The number of carbonyl (C=O) groups excluding carboxylic acids is 2. The minimum absolute atomic E-state index is 0.107. The van der Waals surface area contributed by atoms with Crippen molar-refractivity contribution >= 4 is 23.0 Å². The van der Waals surface area contributed by atoms with Crippen molar-refractivity contribution in [2.45, 2.75) is 25.7 Å². The van der Waals surface area contributed by atoms with Gasteiger partial charge in [-0.15, -0.1) is 0 Å². The predicted octanol–water partition coefficient (Wildman–Crippen LogP) is 3.63. The lowest BCUT2D eigenvalue weighted by Gasteiger charge is -2.19. The molecule has 28 heavy (non-hydrogen) atoms. The molecular weight excluding hydrogens is 352 g/mol. The van der Waals surface area contributed by atoms with Crippen LogP contribution in [0.4, 0.5) is 5.69 Å². The summed E-state index contributed by atoms with van der Waals surface area (Å²) in [5, 5.41) is 0. The second-order valence-electron chi connectivity index (χ2n) is 7.15. The van der Waals surface area contributed by atoms with E-state index in [2.05, 4.69) is 4.98 Å². The third-order valence-corrected chi connectivity index (χ3v) is 5.28. The van der Waals surface area contributed by atoms with E-state index in [4.69, 9.17) is 0 Å². The summed E-state index contributed by atoms with van der Waals surface area (Å²) >= 11 is 0. The smallest absolute Gasteiger partial charge is 0.290 e. The molecular formula is C22H24N4O2. The zero-order chi connectivity index (χ0) is 19.5. The molecule has 2 amide bonds. The SMILES string of the molecule is CN(C(=O)c1nc(C(=O)N2CCCCCC2)n2ccccc12)c1ccccc1. The zero-order valence-electron chi connectivity index (χ0n) is 16.0. The molecule has 0 atom stereocenters. The minimum atomic E-state index is -0.232. The Hall–Kier alpha value is -3.15. The van der Waals surface area contributed by atoms with E-state index in [0.717, 1.165) is 44.5 Å². The number of carbonyl (C=O) groups is 2. The Kier molecular flexibility index (Phi) is 5.10. The number of pyridine rings is 1. The summed E-state index contributed by atoms with van der Waals surface area (Å²) in [5.74, 6) is -0.0309. The van der Waals surface area contributed by atoms with Crippen LogP contribution in [0.3, 0.4) is 0 Å². The number of likely N-dealkylation sites (tertiary alicyclic amines) is 1. The number of amides is 2. The van der Waals surface area contributed by atoms with Crippen molar-refractivity contribution in [2.24, 2.45) is 0 Å². The molecule has 4 rings (SSSR count). The minimum Gasteiger partial charge on any atom is -0.336 e. The average Bonchev–Trinajstić information content (AvgIpc) is 2.92. The maximum absolute atomic E-state index is 13.2. The van der Waals surface area contributed by atoms with Crippen LogP contribution in [0.2, 0.25) is 0 Å². The molecule has 0 N–H and O–H groups in total. The Bertz CT molecular complexity index is 988. The van der Waals surface area contributed by atoms with E-state index in [1.54, 1.807) is 22.5 Å². The fourth-order valence-electron chi connectivity index (χ4n) is 3.69. The lowest BCUT2D eigenvalue weighted by molar-refractivity contribution is 0.0748. The predicted molar refractivity (Wildman–Crippen MR) is 109 cm³/mol. The number of imidazole rings is 1. The second-order valence-corrected chi connectivity index (χ2v) is 7.15. The highest BCUT2D eigenvalue weighted by atomic mass is 16.2. The van der Waals surface area contributed by atoms with Gasteiger partial charge < -0.3 is 9.80 Å². The summed E-state index contributed by atoms with van der Waals surface area (Å²) < 4.78 is 1.74. The first kappa shape index (κ1) is 18.2. The van der Waals surface area contributed by atoms with Crippen molar-refractivity contribution in [3.05, 3.63) is 66.2 Å². The van der Waals surface area contributed by atoms with Crippen molar-refractivity contribution in [3.63, 3.8) is 0 Å². The Labute approximate surface area is 164 Å². The van der Waals surface area contributed by atoms with Gasteiger partial charge in [-0.1, -0.05) is 37.1 Å². The number of aromatic nitrogens is 2. The van der Waals surface area contributed by atoms with Crippen LogP contribution in [0.15, 0.2) is 54.7 Å². The molecule has 1 aliphatic heterocycles. The normalized spacial score (nSPS) is 14.7. The third kappa shape index (κ3) is 3.38. The topological polar surface area (TPSA) is 57.9 Å². The summed E-state index contributed by atoms with van der Waals surface area (Å²) in [7, 11) is 1.72. The van der Waals surface area contributed by atoms with Crippen molar-refractivity contribution in [3.8, 4) is 0 Å². The van der Waals surface area contributed by atoms with E-state index >= 15 is 0 Å². The molecule has 1 aliphatic rings. The van der Waals surface area contributed by atoms with E-state index in [9.17, 15) is 9.59 Å². The molecule has 0 spiro atoms. The first-order valence-electron chi connectivity index (χ1n) is 9.76. The van der Waals surface area contributed by atoms with E-state index in [0.29, 0.717) is 17.0 Å². The number of para-hydroxylation sites is 1. The van der Waals surface area contributed by atoms with Gasteiger partial charge in [0.2, 0.25) is 5.82 Å². The number of hydrogen-bond acceptors (Lipinski definition) is 3. The van der Waals surface area contributed by atoms with Gasteiger partial charge in [-0.05, 0) is 37.1 Å². The lowest BCUT2D eigenvalue weighted by atomic mass is 10.2. The highest BCUT2D eigenvalue weighted by Crippen LogP contribution is 2.21. The number of anilines is 1. The van der Waals surface area contributed by atoms with Crippen molar-refractivity contribution in [2.75, 3.05) is 25.0 Å². The van der Waals surface area contributed by atoms with Crippen LogP contribution in [0.1, 0.15) is 46.8 Å². The van der Waals surface area contributed by atoms with E-state index in [-0.39, 0.29) is 11.8 Å². The Morgan fingerprint density at radius 3 is 2.32 bits per heavy atom. The van der Waals surface area contributed by atoms with Crippen LogP contribution in [-0.2, 0) is 0 Å². The van der Waals surface area contributed by atoms with Gasteiger partial charge in [0.15, 0.2) is 5.69 Å². The number of fused-ring (bicyclic) bond motifs is 1. The quantitative estimate of drug-likeness (QED) is 0.701. The summed E-state index contributed by atoms with van der Waals surface area (Å²) in [4.78, 5) is 34.3. The molecule has 0 unspecified atom stereocenters. The summed E-state index contributed by atoms with van der Waals surface area (Å²) in [6, 6.07) is 15.0. The Balaban J connectivity index is 1.72. The van der Waals surface area contributed by atoms with E-state index < -0.39 is 0 Å². The number of hydrogen-bond donors (Lipinski definition) is 0. The molecule has 2 aromatic heterocycles. The van der Waals surface area contributed by atoms with Gasteiger partial charge in [0, 0.05) is 32.0 Å². The van der Waals surface area contributed by atoms with Gasteiger partial charge in [0.1, 0.15) is 0 Å². The first-order valence-corrected chi connectivity index (χ1v) is 9.76. The van der Waals surface area contributed by atoms with E-state index in [1.807, 2.05) is 53.4 Å². The molecule has 6 heteroatoms. The van der Waals surface area contributed by atoms with Gasteiger partial charge in [0.05, 0.1) is 5.52 Å². The van der Waals surface area contributed by atoms with Gasteiger partial charge in [-0.25, -0.2) is 4.98 Å². The van der Waals surface area contributed by atoms with Gasteiger partial charge in [0.25, 0.3) is 11.8 Å². The lowest BCUT2D eigenvalue weighted by Crippen LogP contribution is -2.33. The number of rotatable bonds is 3. The highest BCUT2D eigenvalue weighted by molar-refractivity contribution is 6.10. The molecule has 0 aliphatic carbocycles. The second kappa shape index (κ2) is 7.84. The fraction of sp³-hybridized carbons (Fsp3) is 0.318. The summed E-state index contributed by atoms with van der Waals surface area (Å²) in [6.45, 7) is 1.49. The molecule has 0 radical (unpaired) electrons. The Morgan fingerprint density at radius 1 is 0.929 bits per heavy atom. The van der Waals surface area contributed by atoms with Crippen molar-refractivity contribution in [1.82, 2.24) is 14.3 Å². The molecule has 6 nitrogen and oxygen atoms in total. The van der Waals surface area contributed by atoms with Crippen LogP contribution in [-0.4, -0.2) is 46.2 Å². The summed E-state index contributed by atoms with van der Waals surface area (Å²) in [5.41, 5.74) is 1.73. The van der Waals surface area contributed by atoms with Crippen LogP contribution in [0.5, 0.6) is 0 Å². The first-order chi connectivity index (χ1) is 13.7. The van der Waals surface area contributed by atoms with Gasteiger partial charge >= 0.3 is 0 Å². The maximum atomic E-state index is 13.2. The molecule has 1 saturated heterocycles. The zero-order valence-corrected chi connectivity index (χ0v) is 16.0. The molecule has 3 heterocycles. The highest BCUT2D eigenvalue weighted by Gasteiger charge is 2.27. The van der Waals surface area contributed by atoms with Gasteiger partial charge in [-0.3, -0.25) is 14.0 Å². The van der Waals surface area contributed by atoms with Crippen LogP contribution in [0.25, 0.3) is 5.52 Å². The van der Waals surface area contributed by atoms with Crippen LogP contribution in [0, 0.1) is 0 Å². The molecule has 1 aromatic carbocycles. The Morgan fingerprint density at radius 2 is 1.61 bits per heavy atom. The van der Waals surface area contributed by atoms with Crippen molar-refractivity contribution < 1.29 is 9.59 Å². The van der Waals surface area contributed by atoms with Crippen molar-refractivity contribution in [1.29, 1.82) is 0 Å². The summed E-state index contributed by atoms with van der Waals surface area (Å²) in [6.07, 6.45) is 6.12. The third-order valence-electron chi connectivity index (χ3n) is 5.28. The van der Waals surface area contributed by atoms with Gasteiger partial charge in [-0.2, -0.15) is 0 Å². The number of nitrogens with zero attached hydrogens (tertiary/aromatic N) is 4. The standard InChI is InChI=1S/C22H24N4O2/c1-24(17-11-5-4-6-12-17)21(27)19-18-13-7-10-16-26(18)20(23-19)22(28)25-14-8-2-3-9-15-25/h4-7,10-13,16H,2-3,8-9,14-15H2,1H3. The fourth-order valence-corrected chi connectivity index (χ4v) is 3.69. The molecule has 3 aromatic rings. The maximum Gasteiger partial charge on any atom is 0.290 e. The molecule has 0 saturated carbocycles. The van der Waals surface area contributed by atoms with E-state index in [1.165, 1.54) is 0 Å². The average molecular weight is 376 g/mol. The van der Waals surface area contributed by atoms with Crippen LogP contribution < -0.4 is 4.90 Å². The number of benzene rings is 1. The molecule has 0 bridgehead atoms. The monoisotopic (exact) mass is 376 g/mol. The van der Waals surface area contributed by atoms with Crippen LogP contribution >= 0.6 is 0 Å².